The van der Waals surface area contributed by atoms with Crippen LogP contribution in [0.4, 0.5) is 11.6 Å². The molecule has 1 saturated carbocycles. The van der Waals surface area contributed by atoms with Gasteiger partial charge < -0.3 is 10.2 Å². The summed E-state index contributed by atoms with van der Waals surface area (Å²) in [5.74, 6) is 0.589. The Morgan fingerprint density at radius 1 is 1.09 bits per heavy atom. The Hall–Kier alpha value is -2.74. The number of piperidine rings is 1. The molecule has 0 unspecified atom stereocenters. The van der Waals surface area contributed by atoms with Crippen LogP contribution in [0.2, 0.25) is 0 Å². The molecule has 164 valence electrons. The second-order valence-electron chi connectivity index (χ2n) is 9.24. The van der Waals surface area contributed by atoms with Gasteiger partial charge in [0.1, 0.15) is 7.85 Å². The van der Waals surface area contributed by atoms with Crippen molar-refractivity contribution in [1.82, 2.24) is 24.5 Å². The zero-order chi connectivity index (χ0) is 22.2. The summed E-state index contributed by atoms with van der Waals surface area (Å²) in [6, 6.07) is 7.18. The molecule has 5 rings (SSSR count). The zero-order valence-electron chi connectivity index (χ0n) is 19.2. The summed E-state index contributed by atoms with van der Waals surface area (Å²) in [5, 5.41) is 8.20. The number of aromatic nitrogens is 4. The molecule has 1 saturated heterocycles. The van der Waals surface area contributed by atoms with Crippen molar-refractivity contribution < 1.29 is 0 Å². The number of hydrogen-bond acceptors (Lipinski definition) is 6. The van der Waals surface area contributed by atoms with E-state index in [1.165, 1.54) is 19.3 Å². The molecule has 1 N–H and O–H groups in total. The molecule has 32 heavy (non-hydrogen) atoms. The Balaban J connectivity index is 1.35. The van der Waals surface area contributed by atoms with Crippen LogP contribution in [0.5, 0.6) is 0 Å². The second-order valence-corrected chi connectivity index (χ2v) is 9.24. The number of aliphatic imine (C=N–C) groups is 1. The lowest BCUT2D eigenvalue weighted by Crippen LogP contribution is -2.47. The van der Waals surface area contributed by atoms with Gasteiger partial charge in [-0.1, -0.05) is 6.42 Å². The fourth-order valence-electron chi connectivity index (χ4n) is 4.73. The number of fused-ring (bicyclic) bond motifs is 1. The highest BCUT2D eigenvalue weighted by atomic mass is 15.3. The molecule has 3 aromatic heterocycles. The standard InChI is InChI=1S/C24H30BN7/c1-15(2)26-20-7-8-21(27-16(20)3)19-11-14-32-22(19)23(25)29-24(30-32)28-17-9-12-31(13-10-17)18-5-4-6-18/h7-8,11,14,17-18H,4-6,9-10,12-13H2,1-3H3,(H,28,30). The molecule has 0 aromatic carbocycles. The van der Waals surface area contributed by atoms with Gasteiger partial charge in [-0.2, -0.15) is 0 Å². The van der Waals surface area contributed by atoms with Gasteiger partial charge in [0.25, 0.3) is 0 Å². The average Bonchev–Trinajstić information content (AvgIpc) is 3.14. The van der Waals surface area contributed by atoms with Gasteiger partial charge in [0.15, 0.2) is 0 Å². The van der Waals surface area contributed by atoms with Crippen LogP contribution in [0.25, 0.3) is 16.8 Å². The van der Waals surface area contributed by atoms with Crippen LogP contribution in [0, 0.1) is 6.92 Å². The van der Waals surface area contributed by atoms with Crippen molar-refractivity contribution in [2.75, 3.05) is 18.4 Å². The van der Waals surface area contributed by atoms with E-state index in [1.54, 1.807) is 0 Å². The third-order valence-electron chi connectivity index (χ3n) is 6.67. The van der Waals surface area contributed by atoms with Crippen molar-refractivity contribution in [3.05, 3.63) is 30.1 Å². The molecule has 0 amide bonds. The van der Waals surface area contributed by atoms with Gasteiger partial charge in [-0.15, -0.1) is 5.10 Å². The van der Waals surface area contributed by atoms with Crippen LogP contribution in [0.1, 0.15) is 51.6 Å². The molecule has 2 aliphatic rings. The predicted molar refractivity (Wildman–Crippen MR) is 131 cm³/mol. The fraction of sp³-hybridized carbons (Fsp3) is 0.500. The van der Waals surface area contributed by atoms with E-state index in [-0.39, 0.29) is 0 Å². The summed E-state index contributed by atoms with van der Waals surface area (Å²) >= 11 is 0. The lowest BCUT2D eigenvalue weighted by atomic mass is 9.89. The monoisotopic (exact) mass is 427 g/mol. The highest BCUT2D eigenvalue weighted by Crippen LogP contribution is 2.29. The quantitative estimate of drug-likeness (QED) is 0.499. The van der Waals surface area contributed by atoms with E-state index in [0.29, 0.717) is 17.6 Å². The van der Waals surface area contributed by atoms with Crippen molar-refractivity contribution >= 4 is 36.3 Å². The van der Waals surface area contributed by atoms with Gasteiger partial charge in [0, 0.05) is 48.2 Å². The number of likely N-dealkylation sites (tertiary alicyclic amines) is 1. The van der Waals surface area contributed by atoms with Crippen molar-refractivity contribution in [3.63, 3.8) is 0 Å². The summed E-state index contributed by atoms with van der Waals surface area (Å²) in [4.78, 5) is 16.5. The molecule has 0 atom stereocenters. The van der Waals surface area contributed by atoms with Crippen molar-refractivity contribution in [1.29, 1.82) is 0 Å². The topological polar surface area (TPSA) is 70.7 Å². The highest BCUT2D eigenvalue weighted by Gasteiger charge is 2.29. The summed E-state index contributed by atoms with van der Waals surface area (Å²) in [7, 11) is 6.40. The predicted octanol–water partition coefficient (Wildman–Crippen LogP) is 3.43. The smallest absolute Gasteiger partial charge is 0.240 e. The van der Waals surface area contributed by atoms with E-state index in [4.69, 9.17) is 12.8 Å². The number of pyridine rings is 1. The normalized spacial score (nSPS) is 18.0. The molecule has 7 nitrogen and oxygen atoms in total. The van der Waals surface area contributed by atoms with Gasteiger partial charge in [-0.05, 0) is 64.7 Å². The molecule has 8 heteroatoms. The molecular weight excluding hydrogens is 397 g/mol. The van der Waals surface area contributed by atoms with E-state index in [1.807, 2.05) is 49.7 Å². The third-order valence-corrected chi connectivity index (χ3v) is 6.67. The van der Waals surface area contributed by atoms with Gasteiger partial charge >= 0.3 is 0 Å². The number of aryl methyl sites for hydroxylation is 1. The number of nitrogens with zero attached hydrogens (tertiary/aromatic N) is 6. The highest BCUT2D eigenvalue weighted by molar-refractivity contribution is 6.36. The summed E-state index contributed by atoms with van der Waals surface area (Å²) in [6.45, 7) is 8.24. The van der Waals surface area contributed by atoms with Crippen LogP contribution in [-0.2, 0) is 0 Å². The number of rotatable bonds is 5. The maximum atomic E-state index is 6.40. The molecule has 1 aliphatic carbocycles. The van der Waals surface area contributed by atoms with Crippen LogP contribution in [-0.4, -0.2) is 63.2 Å². The van der Waals surface area contributed by atoms with Gasteiger partial charge in [-0.25, -0.2) is 9.50 Å². The number of anilines is 1. The molecule has 0 bridgehead atoms. The van der Waals surface area contributed by atoms with E-state index in [2.05, 4.69) is 25.3 Å². The lowest BCUT2D eigenvalue weighted by Gasteiger charge is -2.41. The largest absolute Gasteiger partial charge is 0.350 e. The Bertz CT molecular complexity index is 1150. The molecule has 2 radical (unpaired) electrons. The van der Waals surface area contributed by atoms with Gasteiger partial charge in [0.2, 0.25) is 5.95 Å². The van der Waals surface area contributed by atoms with Crippen molar-refractivity contribution in [3.8, 4) is 11.3 Å². The van der Waals surface area contributed by atoms with Crippen LogP contribution < -0.4 is 10.9 Å². The SMILES string of the molecule is [B]c1nc(NC2CCN(C3CCC3)CC2)nn2ccc(-c3ccc(N=C(C)C)c(C)n3)c12. The molecular formula is C24H30BN7. The first-order valence-corrected chi connectivity index (χ1v) is 11.6. The lowest BCUT2D eigenvalue weighted by molar-refractivity contribution is 0.101. The summed E-state index contributed by atoms with van der Waals surface area (Å²) < 4.78 is 1.81. The minimum absolute atomic E-state index is 0.387. The fourth-order valence-corrected chi connectivity index (χ4v) is 4.73. The molecule has 2 fully saturated rings. The number of nitrogens with one attached hydrogen (secondary N) is 1. The summed E-state index contributed by atoms with van der Waals surface area (Å²) in [5.41, 5.74) is 5.78. The zero-order valence-corrected chi connectivity index (χ0v) is 19.2. The summed E-state index contributed by atoms with van der Waals surface area (Å²) in [6.07, 6.45) is 8.28. The van der Waals surface area contributed by atoms with E-state index in [9.17, 15) is 0 Å². The Morgan fingerprint density at radius 2 is 1.88 bits per heavy atom. The molecule has 4 heterocycles. The number of hydrogen-bond donors (Lipinski definition) is 1. The van der Waals surface area contributed by atoms with Crippen molar-refractivity contribution in [2.24, 2.45) is 4.99 Å². The second kappa shape index (κ2) is 8.66. The molecule has 1 aliphatic heterocycles. The first-order valence-electron chi connectivity index (χ1n) is 11.6. The minimum Gasteiger partial charge on any atom is -0.350 e. The first-order chi connectivity index (χ1) is 15.5. The van der Waals surface area contributed by atoms with Gasteiger partial charge in [-0.3, -0.25) is 9.98 Å². The Kier molecular flexibility index (Phi) is 5.72. The Morgan fingerprint density at radius 3 is 2.53 bits per heavy atom. The molecule has 0 spiro atoms. The van der Waals surface area contributed by atoms with E-state index < -0.39 is 0 Å². The minimum atomic E-state index is 0.387. The van der Waals surface area contributed by atoms with E-state index in [0.717, 1.165) is 65.8 Å². The first kappa shape index (κ1) is 21.1. The average molecular weight is 427 g/mol. The van der Waals surface area contributed by atoms with E-state index >= 15 is 0 Å². The van der Waals surface area contributed by atoms with Gasteiger partial charge in [0.05, 0.1) is 22.6 Å². The third kappa shape index (κ3) is 4.16. The van der Waals surface area contributed by atoms with Crippen LogP contribution in [0.15, 0.2) is 29.4 Å². The van der Waals surface area contributed by atoms with Crippen LogP contribution in [0.3, 0.4) is 0 Å². The maximum Gasteiger partial charge on any atom is 0.240 e. The Labute approximate surface area is 190 Å². The molecule has 3 aromatic rings. The van der Waals surface area contributed by atoms with Crippen molar-refractivity contribution in [2.45, 2.75) is 65.0 Å². The maximum absolute atomic E-state index is 6.40. The van der Waals surface area contributed by atoms with Crippen LogP contribution >= 0.6 is 0 Å².